The molecule has 2 aromatic heterocycles. The van der Waals surface area contributed by atoms with Crippen molar-refractivity contribution in [2.75, 3.05) is 0 Å². The zero-order valence-corrected chi connectivity index (χ0v) is 13.6. The van der Waals surface area contributed by atoms with Crippen molar-refractivity contribution in [2.45, 2.75) is 12.9 Å². The van der Waals surface area contributed by atoms with Crippen LogP contribution in [-0.2, 0) is 11.3 Å². The standard InChI is InChI=1S/C16H11F3N4O2S/c1-2-12(24)20-7-11-22-13(14-15(23-11)26-8-21-14)9-3-5-10(6-4-9)25-16(17,18)19/h2-6,8H,1,7H2,(H,20,24)/i1D2,2D. The number of nitrogens with zero attached hydrogens (tertiary/aromatic N) is 3. The lowest BCUT2D eigenvalue weighted by Gasteiger charge is -2.10. The van der Waals surface area contributed by atoms with Crippen LogP contribution >= 0.6 is 11.3 Å². The molecule has 0 aliphatic heterocycles. The van der Waals surface area contributed by atoms with E-state index in [0.717, 1.165) is 12.1 Å². The third-order valence-electron chi connectivity index (χ3n) is 3.13. The normalized spacial score (nSPS) is 12.8. The first kappa shape index (κ1) is 14.2. The molecule has 0 fully saturated rings. The Bertz CT molecular complexity index is 1080. The Morgan fingerprint density at radius 3 is 2.85 bits per heavy atom. The van der Waals surface area contributed by atoms with Gasteiger partial charge in [-0.15, -0.1) is 24.5 Å². The molecule has 0 unspecified atom stereocenters. The third-order valence-corrected chi connectivity index (χ3v) is 3.85. The van der Waals surface area contributed by atoms with Gasteiger partial charge < -0.3 is 10.1 Å². The van der Waals surface area contributed by atoms with Crippen LogP contribution in [0, 0.1) is 0 Å². The van der Waals surface area contributed by atoms with Gasteiger partial charge in [0.2, 0.25) is 5.91 Å². The topological polar surface area (TPSA) is 77.0 Å². The lowest BCUT2D eigenvalue weighted by Crippen LogP contribution is -2.21. The lowest BCUT2D eigenvalue weighted by atomic mass is 10.1. The molecular weight excluding hydrogens is 369 g/mol. The molecule has 0 saturated carbocycles. The van der Waals surface area contributed by atoms with Gasteiger partial charge in [-0.1, -0.05) is 6.53 Å². The molecular formula is C16H11F3N4O2S. The minimum Gasteiger partial charge on any atom is -0.406 e. The molecule has 26 heavy (non-hydrogen) atoms. The van der Waals surface area contributed by atoms with Crippen molar-refractivity contribution >= 4 is 27.6 Å². The quantitative estimate of drug-likeness (QED) is 0.683. The Labute approximate surface area is 153 Å². The van der Waals surface area contributed by atoms with E-state index in [2.05, 4.69) is 25.0 Å². The Hall–Kier alpha value is -3.01. The fraction of sp³-hybridized carbons (Fsp3) is 0.125. The summed E-state index contributed by atoms with van der Waals surface area (Å²) in [6.45, 7) is -1.10. The van der Waals surface area contributed by atoms with Crippen molar-refractivity contribution in [3.63, 3.8) is 0 Å². The maximum absolute atomic E-state index is 12.3. The summed E-state index contributed by atoms with van der Waals surface area (Å²) in [6, 6.07) is 4.27. The van der Waals surface area contributed by atoms with Crippen molar-refractivity contribution in [1.29, 1.82) is 0 Å². The van der Waals surface area contributed by atoms with Gasteiger partial charge in [0.05, 0.1) is 16.2 Å². The van der Waals surface area contributed by atoms with E-state index >= 15 is 0 Å². The predicted molar refractivity (Wildman–Crippen MR) is 89.4 cm³/mol. The summed E-state index contributed by atoms with van der Waals surface area (Å²) >= 11 is 1.21. The number of ether oxygens (including phenoxy) is 1. The van der Waals surface area contributed by atoms with Crippen LogP contribution in [0.5, 0.6) is 5.75 Å². The molecule has 134 valence electrons. The zero-order chi connectivity index (χ0) is 21.2. The van der Waals surface area contributed by atoms with E-state index in [1.807, 2.05) is 0 Å². The first-order chi connectivity index (χ1) is 13.6. The largest absolute Gasteiger partial charge is 0.573 e. The van der Waals surface area contributed by atoms with Crippen LogP contribution in [-0.4, -0.2) is 27.2 Å². The minimum atomic E-state index is -4.80. The summed E-state index contributed by atoms with van der Waals surface area (Å²) in [7, 11) is 0. The molecule has 0 aliphatic carbocycles. The Morgan fingerprint density at radius 1 is 1.38 bits per heavy atom. The smallest absolute Gasteiger partial charge is 0.406 e. The summed E-state index contributed by atoms with van der Waals surface area (Å²) < 4.78 is 62.1. The predicted octanol–water partition coefficient (Wildman–Crippen LogP) is 3.45. The first-order valence-corrected chi connectivity index (χ1v) is 7.90. The maximum Gasteiger partial charge on any atom is 0.573 e. The summed E-state index contributed by atoms with van der Waals surface area (Å²) in [4.78, 5) is 24.9. The van der Waals surface area contributed by atoms with Gasteiger partial charge in [-0.3, -0.25) is 4.79 Å². The summed E-state index contributed by atoms with van der Waals surface area (Å²) in [6.07, 6.45) is -4.80. The van der Waals surface area contributed by atoms with Gasteiger partial charge in [0, 0.05) is 5.56 Å². The van der Waals surface area contributed by atoms with E-state index < -0.39 is 24.9 Å². The van der Waals surface area contributed by atoms with Gasteiger partial charge in [0.15, 0.2) is 0 Å². The number of halogens is 3. The molecule has 0 saturated heterocycles. The van der Waals surface area contributed by atoms with Crippen molar-refractivity contribution in [3.05, 3.63) is 48.2 Å². The molecule has 1 aromatic carbocycles. The number of nitrogens with one attached hydrogen (secondary N) is 1. The molecule has 0 bridgehead atoms. The molecule has 6 nitrogen and oxygen atoms in total. The van der Waals surface area contributed by atoms with Crippen molar-refractivity contribution in [3.8, 4) is 17.0 Å². The molecule has 0 radical (unpaired) electrons. The van der Waals surface area contributed by atoms with Crippen LogP contribution in [0.1, 0.15) is 9.94 Å². The average molecular weight is 383 g/mol. The van der Waals surface area contributed by atoms with Gasteiger partial charge in [-0.2, -0.15) is 0 Å². The zero-order valence-electron chi connectivity index (χ0n) is 15.8. The van der Waals surface area contributed by atoms with Crippen LogP contribution in [0.25, 0.3) is 21.6 Å². The summed E-state index contributed by atoms with van der Waals surface area (Å²) in [5, 5.41) is 2.34. The number of hydrogen-bond donors (Lipinski definition) is 1. The third kappa shape index (κ3) is 4.14. The van der Waals surface area contributed by atoms with E-state index in [1.165, 1.54) is 29.0 Å². The van der Waals surface area contributed by atoms with Crippen LogP contribution in [0.3, 0.4) is 0 Å². The fourth-order valence-corrected chi connectivity index (χ4v) is 2.78. The lowest BCUT2D eigenvalue weighted by molar-refractivity contribution is -0.274. The molecule has 0 atom stereocenters. The molecule has 2 heterocycles. The summed E-state index contributed by atoms with van der Waals surface area (Å²) in [5.74, 6) is -1.13. The highest BCUT2D eigenvalue weighted by Crippen LogP contribution is 2.30. The number of rotatable bonds is 5. The maximum atomic E-state index is 12.3. The molecule has 1 N–H and O–H groups in total. The number of amides is 1. The van der Waals surface area contributed by atoms with Crippen molar-refractivity contribution < 1.29 is 26.8 Å². The number of thiazole rings is 1. The number of carbonyl (C=O) groups is 1. The molecule has 1 amide bonds. The van der Waals surface area contributed by atoms with Crippen molar-refractivity contribution in [2.24, 2.45) is 0 Å². The van der Waals surface area contributed by atoms with Gasteiger partial charge in [0.1, 0.15) is 27.6 Å². The van der Waals surface area contributed by atoms with Gasteiger partial charge >= 0.3 is 6.36 Å². The number of hydrogen-bond acceptors (Lipinski definition) is 6. The van der Waals surface area contributed by atoms with E-state index in [4.69, 9.17) is 4.11 Å². The van der Waals surface area contributed by atoms with E-state index in [-0.39, 0.29) is 18.1 Å². The number of aromatic nitrogens is 3. The van der Waals surface area contributed by atoms with Gasteiger partial charge in [0.25, 0.3) is 0 Å². The second-order valence-electron chi connectivity index (χ2n) is 4.87. The summed E-state index contributed by atoms with van der Waals surface area (Å²) in [5.41, 5.74) is 2.78. The van der Waals surface area contributed by atoms with E-state index in [9.17, 15) is 18.0 Å². The van der Waals surface area contributed by atoms with Gasteiger partial charge in [-0.05, 0) is 30.3 Å². The van der Waals surface area contributed by atoms with Crippen LogP contribution in [0.15, 0.2) is 42.4 Å². The highest BCUT2D eigenvalue weighted by atomic mass is 32.1. The number of carbonyl (C=O) groups excluding carboxylic acids is 1. The van der Waals surface area contributed by atoms with Crippen molar-refractivity contribution in [1.82, 2.24) is 20.3 Å². The number of alkyl halides is 3. The SMILES string of the molecule is [2H]C([2H])=C([2H])C(=O)NCc1nc(-c2ccc(OC(F)(F)F)cc2)c2ncsc2n1. The number of benzene rings is 1. The molecule has 3 aromatic rings. The molecule has 0 aliphatic rings. The minimum absolute atomic E-state index is 0.171. The monoisotopic (exact) mass is 383 g/mol. The van der Waals surface area contributed by atoms with Crippen LogP contribution < -0.4 is 10.1 Å². The molecule has 0 spiro atoms. The number of fused-ring (bicyclic) bond motifs is 1. The van der Waals surface area contributed by atoms with E-state index in [0.29, 0.717) is 21.6 Å². The second-order valence-corrected chi connectivity index (χ2v) is 5.71. The second kappa shape index (κ2) is 7.08. The Balaban J connectivity index is 1.89. The fourth-order valence-electron chi connectivity index (χ4n) is 2.10. The molecule has 10 heteroatoms. The van der Waals surface area contributed by atoms with Crippen LogP contribution in [0.2, 0.25) is 0 Å². The Kier molecular flexibility index (Phi) is 3.86. The van der Waals surface area contributed by atoms with Crippen LogP contribution in [0.4, 0.5) is 13.2 Å². The first-order valence-electron chi connectivity index (χ1n) is 8.52. The van der Waals surface area contributed by atoms with E-state index in [1.54, 1.807) is 0 Å². The average Bonchev–Trinajstić information content (AvgIpc) is 3.12. The molecule has 3 rings (SSSR count). The highest BCUT2D eigenvalue weighted by molar-refractivity contribution is 7.16. The highest BCUT2D eigenvalue weighted by Gasteiger charge is 2.31. The van der Waals surface area contributed by atoms with Gasteiger partial charge in [-0.25, -0.2) is 15.0 Å². The Morgan fingerprint density at radius 2 is 2.15 bits per heavy atom.